The molecule has 0 saturated heterocycles. The van der Waals surface area contributed by atoms with Crippen LogP contribution in [-0.2, 0) is 16.1 Å². The molecular formula is C15H19NO2S. The van der Waals surface area contributed by atoms with Gasteiger partial charge in [-0.3, -0.25) is 4.79 Å². The largest absolute Gasteiger partial charge is 0.382 e. The topological polar surface area (TPSA) is 49.3 Å². The highest BCUT2D eigenvalue weighted by Crippen LogP contribution is 2.36. The number of fused-ring (bicyclic) bond motifs is 1. The second-order valence-corrected chi connectivity index (χ2v) is 6.51. The number of carbonyl (C=O) groups is 1. The third-order valence-electron chi connectivity index (χ3n) is 4.15. The van der Waals surface area contributed by atoms with E-state index in [-0.39, 0.29) is 11.8 Å². The third-order valence-corrected chi connectivity index (χ3v) is 5.34. The van der Waals surface area contributed by atoms with Gasteiger partial charge in [0.25, 0.3) is 0 Å². The van der Waals surface area contributed by atoms with Crippen LogP contribution in [0.15, 0.2) is 24.3 Å². The smallest absolute Gasteiger partial charge is 0.223 e. The average Bonchev–Trinajstić information content (AvgIpc) is 2.35. The first kappa shape index (κ1) is 13.0. The van der Waals surface area contributed by atoms with Crippen molar-refractivity contribution in [3.05, 3.63) is 35.4 Å². The number of amides is 1. The molecule has 19 heavy (non-hydrogen) atoms. The normalized spacial score (nSPS) is 26.4. The first-order chi connectivity index (χ1) is 9.19. The van der Waals surface area contributed by atoms with E-state index in [1.165, 1.54) is 5.56 Å². The summed E-state index contributed by atoms with van der Waals surface area (Å²) < 4.78 is 0. The Labute approximate surface area is 117 Å². The minimum atomic E-state index is -0.918. The summed E-state index contributed by atoms with van der Waals surface area (Å²) in [7, 11) is 0. The van der Waals surface area contributed by atoms with Crippen LogP contribution in [-0.4, -0.2) is 23.3 Å². The summed E-state index contributed by atoms with van der Waals surface area (Å²) in [6.45, 7) is 0.326. The summed E-state index contributed by atoms with van der Waals surface area (Å²) >= 11 is 1.72. The van der Waals surface area contributed by atoms with E-state index in [1.54, 1.807) is 11.8 Å². The zero-order chi connectivity index (χ0) is 13.3. The lowest BCUT2D eigenvalue weighted by Gasteiger charge is -2.35. The van der Waals surface area contributed by atoms with E-state index in [0.717, 1.165) is 30.6 Å². The van der Waals surface area contributed by atoms with E-state index in [1.807, 2.05) is 18.2 Å². The molecule has 1 saturated carbocycles. The van der Waals surface area contributed by atoms with Crippen molar-refractivity contribution < 1.29 is 9.90 Å². The minimum Gasteiger partial charge on any atom is -0.382 e. The first-order valence-corrected chi connectivity index (χ1v) is 8.01. The van der Waals surface area contributed by atoms with Crippen molar-refractivity contribution in [3.8, 4) is 0 Å². The van der Waals surface area contributed by atoms with E-state index >= 15 is 0 Å². The first-order valence-electron chi connectivity index (χ1n) is 6.85. The Morgan fingerprint density at radius 1 is 1.42 bits per heavy atom. The molecule has 1 atom stereocenters. The molecule has 0 radical (unpaired) electrons. The fourth-order valence-corrected chi connectivity index (χ4v) is 3.87. The van der Waals surface area contributed by atoms with Crippen LogP contribution < -0.4 is 5.32 Å². The lowest BCUT2D eigenvalue weighted by atomic mass is 9.84. The highest BCUT2D eigenvalue weighted by atomic mass is 32.2. The van der Waals surface area contributed by atoms with Crippen LogP contribution in [0.5, 0.6) is 0 Å². The van der Waals surface area contributed by atoms with Gasteiger partial charge in [0.2, 0.25) is 5.91 Å². The Kier molecular flexibility index (Phi) is 3.54. The van der Waals surface area contributed by atoms with Gasteiger partial charge < -0.3 is 10.4 Å². The molecule has 1 heterocycles. The second kappa shape index (κ2) is 5.17. The predicted molar refractivity (Wildman–Crippen MR) is 76.9 cm³/mol. The van der Waals surface area contributed by atoms with E-state index in [2.05, 4.69) is 11.4 Å². The van der Waals surface area contributed by atoms with Crippen LogP contribution in [0.4, 0.5) is 0 Å². The van der Waals surface area contributed by atoms with Gasteiger partial charge in [0.1, 0.15) is 5.60 Å². The van der Waals surface area contributed by atoms with Crippen molar-refractivity contribution >= 4 is 17.7 Å². The molecular weight excluding hydrogens is 258 g/mol. The van der Waals surface area contributed by atoms with Crippen molar-refractivity contribution in [3.63, 3.8) is 0 Å². The Morgan fingerprint density at radius 2 is 2.21 bits per heavy atom. The predicted octanol–water partition coefficient (Wildman–Crippen LogP) is 2.04. The molecule has 1 fully saturated rings. The number of carbonyl (C=O) groups excluding carboxylic acids is 1. The summed E-state index contributed by atoms with van der Waals surface area (Å²) in [4.78, 5) is 11.9. The molecule has 102 valence electrons. The van der Waals surface area contributed by atoms with Gasteiger partial charge in [-0.2, -0.15) is 11.8 Å². The molecule has 0 bridgehead atoms. The van der Waals surface area contributed by atoms with Crippen molar-refractivity contribution in [1.82, 2.24) is 5.32 Å². The van der Waals surface area contributed by atoms with Gasteiger partial charge in [-0.15, -0.1) is 0 Å². The SMILES string of the molecule is O=C(NCC1(O)CSCc2ccccc21)C1CCC1. The van der Waals surface area contributed by atoms with E-state index in [4.69, 9.17) is 0 Å². The number of hydrogen-bond acceptors (Lipinski definition) is 3. The van der Waals surface area contributed by atoms with Gasteiger partial charge in [-0.25, -0.2) is 0 Å². The van der Waals surface area contributed by atoms with Crippen LogP contribution in [0, 0.1) is 5.92 Å². The van der Waals surface area contributed by atoms with Crippen molar-refractivity contribution in [2.24, 2.45) is 5.92 Å². The Bertz CT molecular complexity index is 487. The highest BCUT2D eigenvalue weighted by Gasteiger charge is 2.36. The lowest BCUT2D eigenvalue weighted by molar-refractivity contribution is -0.128. The second-order valence-electron chi connectivity index (χ2n) is 5.53. The maximum atomic E-state index is 11.9. The van der Waals surface area contributed by atoms with Gasteiger partial charge in [-0.1, -0.05) is 30.7 Å². The molecule has 3 rings (SSSR count). The molecule has 1 unspecified atom stereocenters. The Morgan fingerprint density at radius 3 is 2.95 bits per heavy atom. The Hall–Kier alpha value is -1.00. The van der Waals surface area contributed by atoms with Crippen molar-refractivity contribution in [1.29, 1.82) is 0 Å². The third kappa shape index (κ3) is 2.51. The highest BCUT2D eigenvalue weighted by molar-refractivity contribution is 7.98. The van der Waals surface area contributed by atoms with E-state index in [0.29, 0.717) is 12.3 Å². The molecule has 1 aliphatic heterocycles. The number of thioether (sulfide) groups is 1. The summed E-state index contributed by atoms with van der Waals surface area (Å²) in [5.74, 6) is 1.87. The fourth-order valence-electron chi connectivity index (χ4n) is 2.70. The van der Waals surface area contributed by atoms with Gasteiger partial charge in [0.15, 0.2) is 0 Å². The number of rotatable bonds is 3. The monoisotopic (exact) mass is 277 g/mol. The number of benzene rings is 1. The average molecular weight is 277 g/mol. The number of hydrogen-bond donors (Lipinski definition) is 2. The van der Waals surface area contributed by atoms with Crippen LogP contribution in [0.1, 0.15) is 30.4 Å². The van der Waals surface area contributed by atoms with Gasteiger partial charge >= 0.3 is 0 Å². The quantitative estimate of drug-likeness (QED) is 0.889. The fraction of sp³-hybridized carbons (Fsp3) is 0.533. The molecule has 3 nitrogen and oxygen atoms in total. The van der Waals surface area contributed by atoms with Gasteiger partial charge in [0.05, 0.1) is 6.54 Å². The van der Waals surface area contributed by atoms with Crippen LogP contribution in [0.25, 0.3) is 0 Å². The zero-order valence-corrected chi connectivity index (χ0v) is 11.7. The van der Waals surface area contributed by atoms with Crippen LogP contribution in [0.2, 0.25) is 0 Å². The molecule has 1 aliphatic carbocycles. The van der Waals surface area contributed by atoms with Crippen LogP contribution in [0.3, 0.4) is 0 Å². The maximum absolute atomic E-state index is 11.9. The molecule has 0 aromatic heterocycles. The van der Waals surface area contributed by atoms with Crippen molar-refractivity contribution in [2.75, 3.05) is 12.3 Å². The van der Waals surface area contributed by atoms with Gasteiger partial charge in [0, 0.05) is 17.4 Å². The lowest BCUT2D eigenvalue weighted by Crippen LogP contribution is -2.46. The summed E-state index contributed by atoms with van der Waals surface area (Å²) in [5.41, 5.74) is 1.24. The maximum Gasteiger partial charge on any atom is 0.223 e. The number of aliphatic hydroxyl groups is 1. The molecule has 2 aliphatic rings. The Balaban J connectivity index is 1.71. The molecule has 0 spiro atoms. The molecule has 2 N–H and O–H groups in total. The molecule has 1 amide bonds. The minimum absolute atomic E-state index is 0.104. The zero-order valence-electron chi connectivity index (χ0n) is 10.9. The van der Waals surface area contributed by atoms with Crippen molar-refractivity contribution in [2.45, 2.75) is 30.6 Å². The van der Waals surface area contributed by atoms with E-state index in [9.17, 15) is 9.90 Å². The van der Waals surface area contributed by atoms with Crippen LogP contribution >= 0.6 is 11.8 Å². The summed E-state index contributed by atoms with van der Waals surface area (Å²) in [6.07, 6.45) is 3.15. The molecule has 4 heteroatoms. The standard InChI is InChI=1S/C15H19NO2S/c17-14(11-5-3-6-11)16-9-15(18)10-19-8-12-4-1-2-7-13(12)15/h1-2,4,7,11,18H,3,5-6,8-10H2,(H,16,17). The number of nitrogens with one attached hydrogen (secondary N) is 1. The molecule has 1 aromatic carbocycles. The summed E-state index contributed by atoms with van der Waals surface area (Å²) in [5, 5.41) is 13.7. The van der Waals surface area contributed by atoms with Gasteiger partial charge in [-0.05, 0) is 24.0 Å². The molecule has 1 aromatic rings. The van der Waals surface area contributed by atoms with E-state index < -0.39 is 5.60 Å². The summed E-state index contributed by atoms with van der Waals surface area (Å²) in [6, 6.07) is 7.98.